The van der Waals surface area contributed by atoms with Gasteiger partial charge in [0.05, 0.1) is 18.2 Å². The van der Waals surface area contributed by atoms with E-state index in [-0.39, 0.29) is 18.2 Å². The van der Waals surface area contributed by atoms with Gasteiger partial charge in [0.15, 0.2) is 0 Å². The highest BCUT2D eigenvalue weighted by molar-refractivity contribution is 5.96. The molecule has 1 aliphatic rings. The molecule has 2 amide bonds. The lowest BCUT2D eigenvalue weighted by Crippen LogP contribution is -2.41. The minimum atomic E-state index is -0.934. The third-order valence-corrected chi connectivity index (χ3v) is 4.06. The third kappa shape index (κ3) is 3.80. The lowest BCUT2D eigenvalue weighted by molar-refractivity contribution is -0.157. The van der Waals surface area contributed by atoms with Crippen LogP contribution in [0.2, 0.25) is 0 Å². The summed E-state index contributed by atoms with van der Waals surface area (Å²) in [6, 6.07) is 4.83. The number of benzene rings is 1. The molecular weight excluding hydrogens is 300 g/mol. The van der Waals surface area contributed by atoms with Gasteiger partial charge in [-0.2, -0.15) is 0 Å². The van der Waals surface area contributed by atoms with Crippen LogP contribution in [-0.2, 0) is 14.4 Å². The molecule has 1 fully saturated rings. The molecule has 7 heteroatoms. The van der Waals surface area contributed by atoms with Crippen LogP contribution in [0.4, 0.5) is 11.4 Å². The molecule has 23 heavy (non-hydrogen) atoms. The van der Waals surface area contributed by atoms with Crippen molar-refractivity contribution >= 4 is 29.2 Å². The Morgan fingerprint density at radius 3 is 2.43 bits per heavy atom. The van der Waals surface area contributed by atoms with Crippen molar-refractivity contribution in [2.24, 2.45) is 5.41 Å². The fraction of sp³-hybridized carbons (Fsp3) is 0.438. The van der Waals surface area contributed by atoms with Crippen molar-refractivity contribution in [3.05, 3.63) is 18.2 Å². The van der Waals surface area contributed by atoms with Gasteiger partial charge in [0.1, 0.15) is 5.75 Å². The van der Waals surface area contributed by atoms with Crippen molar-refractivity contribution in [1.29, 1.82) is 0 Å². The summed E-state index contributed by atoms with van der Waals surface area (Å²) in [7, 11) is 1.48. The van der Waals surface area contributed by atoms with Crippen molar-refractivity contribution in [1.82, 2.24) is 0 Å². The van der Waals surface area contributed by atoms with Crippen LogP contribution in [-0.4, -0.2) is 30.0 Å². The quantitative estimate of drug-likeness (QED) is 0.745. The van der Waals surface area contributed by atoms with Gasteiger partial charge in [0.2, 0.25) is 11.8 Å². The molecule has 0 bridgehead atoms. The van der Waals surface area contributed by atoms with Crippen LogP contribution in [0.5, 0.6) is 5.75 Å². The Hall–Kier alpha value is -2.57. The number of nitrogens with one attached hydrogen (secondary N) is 2. The minimum Gasteiger partial charge on any atom is -0.495 e. The normalized spacial score (nSPS) is 15.2. The number of carboxylic acids is 1. The Morgan fingerprint density at radius 2 is 1.96 bits per heavy atom. The lowest BCUT2D eigenvalue weighted by atomic mass is 9.66. The fourth-order valence-corrected chi connectivity index (χ4v) is 2.66. The maximum atomic E-state index is 12.1. The number of carbonyl (C=O) groups is 3. The smallest absolute Gasteiger partial charge is 0.310 e. The van der Waals surface area contributed by atoms with Gasteiger partial charge in [-0.25, -0.2) is 0 Å². The molecule has 1 aliphatic carbocycles. The molecule has 0 aliphatic heterocycles. The molecule has 1 aromatic carbocycles. The predicted molar refractivity (Wildman–Crippen MR) is 84.5 cm³/mol. The van der Waals surface area contributed by atoms with E-state index in [0.717, 1.165) is 6.42 Å². The molecule has 0 heterocycles. The van der Waals surface area contributed by atoms with Crippen LogP contribution in [0.3, 0.4) is 0 Å². The maximum absolute atomic E-state index is 12.1. The minimum absolute atomic E-state index is 0.0518. The molecule has 1 saturated carbocycles. The molecular formula is C16H20N2O5. The van der Waals surface area contributed by atoms with Crippen LogP contribution < -0.4 is 15.4 Å². The highest BCUT2D eigenvalue weighted by Gasteiger charge is 2.45. The summed E-state index contributed by atoms with van der Waals surface area (Å²) in [5.41, 5.74) is -0.0226. The molecule has 0 spiro atoms. The second-order valence-corrected chi connectivity index (χ2v) is 5.76. The van der Waals surface area contributed by atoms with Gasteiger partial charge in [-0.05, 0) is 31.0 Å². The Morgan fingerprint density at radius 1 is 1.26 bits per heavy atom. The Balaban J connectivity index is 2.08. The van der Waals surface area contributed by atoms with Gasteiger partial charge in [0, 0.05) is 19.0 Å². The molecule has 0 radical (unpaired) electrons. The largest absolute Gasteiger partial charge is 0.495 e. The Kier molecular flexibility index (Phi) is 4.88. The number of rotatable bonds is 6. The van der Waals surface area contributed by atoms with Gasteiger partial charge in [-0.15, -0.1) is 0 Å². The number of ether oxygens (including phenoxy) is 1. The number of amides is 2. The summed E-state index contributed by atoms with van der Waals surface area (Å²) < 4.78 is 5.14. The zero-order chi connectivity index (χ0) is 17.0. The summed E-state index contributed by atoms with van der Waals surface area (Å²) in [4.78, 5) is 34.6. The first-order valence-electron chi connectivity index (χ1n) is 7.35. The van der Waals surface area contributed by atoms with Crippen LogP contribution >= 0.6 is 0 Å². The zero-order valence-electron chi connectivity index (χ0n) is 13.1. The average molecular weight is 320 g/mol. The van der Waals surface area contributed by atoms with E-state index in [1.165, 1.54) is 14.0 Å². The molecule has 124 valence electrons. The van der Waals surface area contributed by atoms with Gasteiger partial charge >= 0.3 is 5.97 Å². The lowest BCUT2D eigenvalue weighted by Gasteiger charge is -2.36. The molecule has 0 saturated heterocycles. The third-order valence-electron chi connectivity index (χ3n) is 4.06. The van der Waals surface area contributed by atoms with Crippen molar-refractivity contribution in [2.45, 2.75) is 32.6 Å². The van der Waals surface area contributed by atoms with E-state index in [4.69, 9.17) is 4.74 Å². The van der Waals surface area contributed by atoms with Gasteiger partial charge in [-0.3, -0.25) is 14.4 Å². The molecule has 0 unspecified atom stereocenters. The molecule has 3 N–H and O–H groups in total. The fourth-order valence-electron chi connectivity index (χ4n) is 2.66. The molecule has 0 aromatic heterocycles. The topological polar surface area (TPSA) is 105 Å². The summed E-state index contributed by atoms with van der Waals surface area (Å²) in [6.45, 7) is 1.37. The second kappa shape index (κ2) is 6.68. The van der Waals surface area contributed by atoms with E-state index in [1.54, 1.807) is 18.2 Å². The summed E-state index contributed by atoms with van der Waals surface area (Å²) in [5.74, 6) is -1.07. The van der Waals surface area contributed by atoms with Gasteiger partial charge < -0.3 is 20.5 Å². The first kappa shape index (κ1) is 16.8. The van der Waals surface area contributed by atoms with E-state index in [1.807, 2.05) is 0 Å². The van der Waals surface area contributed by atoms with Crippen LogP contribution in [0, 0.1) is 5.41 Å². The molecule has 0 atom stereocenters. The number of hydrogen-bond donors (Lipinski definition) is 3. The average Bonchev–Trinajstić information content (AvgIpc) is 2.42. The highest BCUT2D eigenvalue weighted by atomic mass is 16.5. The highest BCUT2D eigenvalue weighted by Crippen LogP contribution is 2.44. The first-order chi connectivity index (χ1) is 10.9. The summed E-state index contributed by atoms with van der Waals surface area (Å²) in [6.07, 6.45) is 1.82. The van der Waals surface area contributed by atoms with Crippen LogP contribution in [0.15, 0.2) is 18.2 Å². The standard InChI is InChI=1S/C16H20N2O5/c1-10(19)17-12-8-11(4-5-13(12)23-2)18-14(20)9-16(15(21)22)6-3-7-16/h4-5,8H,3,6-7,9H2,1-2H3,(H,17,19)(H,18,20)(H,21,22). The summed E-state index contributed by atoms with van der Waals surface area (Å²) in [5, 5.41) is 14.6. The zero-order valence-corrected chi connectivity index (χ0v) is 13.1. The van der Waals surface area contributed by atoms with E-state index in [2.05, 4.69) is 10.6 Å². The number of carboxylic acid groups (broad SMARTS) is 1. The Labute approximate surface area is 134 Å². The SMILES string of the molecule is COc1ccc(NC(=O)CC2(C(=O)O)CCC2)cc1NC(C)=O. The molecule has 7 nitrogen and oxygen atoms in total. The van der Waals surface area contributed by atoms with Gasteiger partial charge in [0.25, 0.3) is 0 Å². The van der Waals surface area contributed by atoms with E-state index in [0.29, 0.717) is 30.0 Å². The number of methoxy groups -OCH3 is 1. The van der Waals surface area contributed by atoms with E-state index < -0.39 is 11.4 Å². The monoisotopic (exact) mass is 320 g/mol. The Bertz CT molecular complexity index is 637. The number of carbonyl (C=O) groups excluding carboxylic acids is 2. The molecule has 2 rings (SSSR count). The van der Waals surface area contributed by atoms with E-state index >= 15 is 0 Å². The predicted octanol–water partition coefficient (Wildman–Crippen LogP) is 2.24. The van der Waals surface area contributed by atoms with Crippen molar-refractivity contribution in [3.8, 4) is 5.75 Å². The van der Waals surface area contributed by atoms with Crippen LogP contribution in [0.1, 0.15) is 32.6 Å². The van der Waals surface area contributed by atoms with Crippen molar-refractivity contribution in [3.63, 3.8) is 0 Å². The first-order valence-corrected chi connectivity index (χ1v) is 7.35. The molecule has 1 aromatic rings. The van der Waals surface area contributed by atoms with Gasteiger partial charge in [-0.1, -0.05) is 6.42 Å². The van der Waals surface area contributed by atoms with Crippen molar-refractivity contribution in [2.75, 3.05) is 17.7 Å². The van der Waals surface area contributed by atoms with Crippen LogP contribution in [0.25, 0.3) is 0 Å². The van der Waals surface area contributed by atoms with Crippen molar-refractivity contribution < 1.29 is 24.2 Å². The number of aliphatic carboxylic acids is 1. The summed E-state index contributed by atoms with van der Waals surface area (Å²) >= 11 is 0. The second-order valence-electron chi connectivity index (χ2n) is 5.76. The maximum Gasteiger partial charge on any atom is 0.310 e. The number of hydrogen-bond acceptors (Lipinski definition) is 4. The number of anilines is 2. The van der Waals surface area contributed by atoms with E-state index in [9.17, 15) is 19.5 Å².